The van der Waals surface area contributed by atoms with Crippen LogP contribution in [0.15, 0.2) is 24.8 Å². The van der Waals surface area contributed by atoms with Crippen LogP contribution in [0.3, 0.4) is 0 Å². The first-order chi connectivity index (χ1) is 7.10. The summed E-state index contributed by atoms with van der Waals surface area (Å²) in [6.45, 7) is 5.33. The van der Waals surface area contributed by atoms with E-state index in [1.165, 1.54) is 30.0 Å². The average Bonchev–Trinajstić information content (AvgIpc) is 2.20. The van der Waals surface area contributed by atoms with Crippen molar-refractivity contribution in [3.63, 3.8) is 0 Å². The highest BCUT2D eigenvalue weighted by atomic mass is 32.2. The molecular formula is C10H15NO3S. The maximum atomic E-state index is 11.2. The highest BCUT2D eigenvalue weighted by Gasteiger charge is 2.10. The summed E-state index contributed by atoms with van der Waals surface area (Å²) in [5.41, 5.74) is 0. The first kappa shape index (κ1) is 13.8. The quantitative estimate of drug-likeness (QED) is 0.393. The number of thioether (sulfide) groups is 1. The maximum absolute atomic E-state index is 11.2. The van der Waals surface area contributed by atoms with Gasteiger partial charge in [-0.2, -0.15) is 0 Å². The molecule has 4 nitrogen and oxygen atoms in total. The minimum atomic E-state index is -0.880. The third kappa shape index (κ3) is 7.81. The van der Waals surface area contributed by atoms with Gasteiger partial charge in [0.2, 0.25) is 5.91 Å². The maximum Gasteiger partial charge on any atom is 0.313 e. The van der Waals surface area contributed by atoms with Crippen molar-refractivity contribution in [1.29, 1.82) is 0 Å². The van der Waals surface area contributed by atoms with E-state index in [1.54, 1.807) is 0 Å². The fourth-order valence-electron chi connectivity index (χ4n) is 0.796. The van der Waals surface area contributed by atoms with Crippen molar-refractivity contribution in [1.82, 2.24) is 5.32 Å². The normalized spacial score (nSPS) is 12.3. The van der Waals surface area contributed by atoms with Gasteiger partial charge in [-0.25, -0.2) is 0 Å². The van der Waals surface area contributed by atoms with Crippen LogP contribution in [0.2, 0.25) is 0 Å². The van der Waals surface area contributed by atoms with Crippen LogP contribution in [0.25, 0.3) is 0 Å². The van der Waals surface area contributed by atoms with Gasteiger partial charge in [-0.1, -0.05) is 25.7 Å². The summed E-state index contributed by atoms with van der Waals surface area (Å²) in [6, 6.07) is 0. The van der Waals surface area contributed by atoms with Crippen molar-refractivity contribution in [2.24, 2.45) is 0 Å². The van der Waals surface area contributed by atoms with Gasteiger partial charge in [-0.05, 0) is 6.42 Å². The monoisotopic (exact) mass is 229 g/mol. The fourth-order valence-corrected chi connectivity index (χ4v) is 1.57. The third-order valence-corrected chi connectivity index (χ3v) is 2.73. The van der Waals surface area contributed by atoms with Crippen LogP contribution in [-0.4, -0.2) is 28.1 Å². The topological polar surface area (TPSA) is 66.4 Å². The Balaban J connectivity index is 3.97. The molecule has 0 radical (unpaired) electrons. The van der Waals surface area contributed by atoms with Gasteiger partial charge in [-0.15, -0.1) is 11.8 Å². The number of carbonyl (C=O) groups excluding carboxylic acids is 1. The summed E-state index contributed by atoms with van der Waals surface area (Å²) >= 11 is 1.20. The van der Waals surface area contributed by atoms with Crippen molar-refractivity contribution in [2.45, 2.75) is 18.7 Å². The zero-order valence-corrected chi connectivity index (χ0v) is 9.42. The Morgan fingerprint density at radius 1 is 1.60 bits per heavy atom. The predicted molar refractivity (Wildman–Crippen MR) is 61.7 cm³/mol. The molecule has 0 aromatic rings. The molecule has 0 bridgehead atoms. The lowest BCUT2D eigenvalue weighted by Gasteiger charge is -2.13. The molecular weight excluding hydrogens is 214 g/mol. The zero-order chi connectivity index (χ0) is 11.7. The summed E-state index contributed by atoms with van der Waals surface area (Å²) in [6.07, 6.45) is 5.08. The smallest absolute Gasteiger partial charge is 0.313 e. The lowest BCUT2D eigenvalue weighted by atomic mass is 10.4. The van der Waals surface area contributed by atoms with Crippen molar-refractivity contribution < 1.29 is 14.7 Å². The molecule has 0 saturated carbocycles. The molecule has 0 aromatic carbocycles. The first-order valence-corrected chi connectivity index (χ1v) is 5.58. The van der Waals surface area contributed by atoms with Crippen LogP contribution in [0.4, 0.5) is 0 Å². The number of carboxylic acid groups (broad SMARTS) is 1. The molecule has 1 unspecified atom stereocenters. The molecule has 15 heavy (non-hydrogen) atoms. The van der Waals surface area contributed by atoms with E-state index in [-0.39, 0.29) is 17.0 Å². The lowest BCUT2D eigenvalue weighted by Crippen LogP contribution is -2.31. The number of hydrogen-bond donors (Lipinski definition) is 2. The molecule has 0 spiro atoms. The van der Waals surface area contributed by atoms with Gasteiger partial charge in [0.15, 0.2) is 0 Å². The zero-order valence-electron chi connectivity index (χ0n) is 8.60. The van der Waals surface area contributed by atoms with Crippen molar-refractivity contribution in [3.05, 3.63) is 24.8 Å². The van der Waals surface area contributed by atoms with E-state index in [9.17, 15) is 9.59 Å². The van der Waals surface area contributed by atoms with E-state index >= 15 is 0 Å². The second-order valence-corrected chi connectivity index (χ2v) is 3.90. The van der Waals surface area contributed by atoms with Crippen molar-refractivity contribution in [3.8, 4) is 0 Å². The van der Waals surface area contributed by atoms with Gasteiger partial charge in [0.25, 0.3) is 0 Å². The van der Waals surface area contributed by atoms with Gasteiger partial charge >= 0.3 is 5.97 Å². The molecule has 0 aromatic heterocycles. The summed E-state index contributed by atoms with van der Waals surface area (Å²) < 4.78 is 0. The molecule has 0 aliphatic carbocycles. The van der Waals surface area contributed by atoms with Crippen LogP contribution in [0.1, 0.15) is 13.3 Å². The molecule has 84 valence electrons. The molecule has 1 atom stereocenters. The van der Waals surface area contributed by atoms with Gasteiger partial charge in [0.05, 0.1) is 11.1 Å². The number of carboxylic acids is 1. The minimum Gasteiger partial charge on any atom is -0.481 e. The molecule has 0 rings (SSSR count). The Morgan fingerprint density at radius 2 is 2.27 bits per heavy atom. The van der Waals surface area contributed by atoms with E-state index in [1.807, 2.05) is 6.92 Å². The molecule has 0 fully saturated rings. The number of nitrogens with one attached hydrogen (secondary N) is 1. The molecule has 1 amide bonds. The second-order valence-electron chi connectivity index (χ2n) is 2.71. The largest absolute Gasteiger partial charge is 0.481 e. The SMILES string of the molecule is C=CC=CC(=O)NC(CC)SCC(=O)O. The van der Waals surface area contributed by atoms with Crippen LogP contribution in [0, 0.1) is 0 Å². The third-order valence-electron chi connectivity index (χ3n) is 1.47. The minimum absolute atomic E-state index is 0.00996. The lowest BCUT2D eigenvalue weighted by molar-refractivity contribution is -0.134. The van der Waals surface area contributed by atoms with Crippen LogP contribution >= 0.6 is 11.8 Å². The number of rotatable bonds is 7. The Kier molecular flexibility index (Phi) is 7.44. The molecule has 0 aliphatic rings. The first-order valence-electron chi connectivity index (χ1n) is 4.53. The van der Waals surface area contributed by atoms with E-state index in [2.05, 4.69) is 11.9 Å². The Morgan fingerprint density at radius 3 is 2.73 bits per heavy atom. The second kappa shape index (κ2) is 8.11. The summed E-state index contributed by atoms with van der Waals surface area (Å²) in [5, 5.41) is 11.0. The van der Waals surface area contributed by atoms with E-state index in [4.69, 9.17) is 5.11 Å². The number of carbonyl (C=O) groups is 2. The number of allylic oxidation sites excluding steroid dienone is 2. The Hall–Kier alpha value is -1.23. The van der Waals surface area contributed by atoms with Gasteiger partial charge in [-0.3, -0.25) is 9.59 Å². The Bertz CT molecular complexity index is 263. The summed E-state index contributed by atoms with van der Waals surface area (Å²) in [5.74, 6) is -1.13. The highest BCUT2D eigenvalue weighted by molar-refractivity contribution is 8.00. The number of amides is 1. The van der Waals surface area contributed by atoms with E-state index < -0.39 is 5.97 Å². The van der Waals surface area contributed by atoms with E-state index in [0.717, 1.165) is 0 Å². The van der Waals surface area contributed by atoms with Crippen LogP contribution in [0.5, 0.6) is 0 Å². The van der Waals surface area contributed by atoms with Gasteiger partial charge in [0.1, 0.15) is 0 Å². The highest BCUT2D eigenvalue weighted by Crippen LogP contribution is 2.10. The molecule has 2 N–H and O–H groups in total. The van der Waals surface area contributed by atoms with Crippen molar-refractivity contribution >= 4 is 23.6 Å². The predicted octanol–water partition coefficient (Wildman–Crippen LogP) is 1.40. The fraction of sp³-hybridized carbons (Fsp3) is 0.400. The van der Waals surface area contributed by atoms with Crippen molar-refractivity contribution in [2.75, 3.05) is 5.75 Å². The van der Waals surface area contributed by atoms with E-state index in [0.29, 0.717) is 6.42 Å². The van der Waals surface area contributed by atoms with Gasteiger partial charge < -0.3 is 10.4 Å². The average molecular weight is 229 g/mol. The summed E-state index contributed by atoms with van der Waals surface area (Å²) in [7, 11) is 0. The van der Waals surface area contributed by atoms with Crippen LogP contribution in [-0.2, 0) is 9.59 Å². The number of aliphatic carboxylic acids is 1. The standard InChI is InChI=1S/C10H15NO3S/c1-3-5-6-8(12)11-9(4-2)15-7-10(13)14/h3,5-6,9H,1,4,7H2,2H3,(H,11,12)(H,13,14). The van der Waals surface area contributed by atoms with Gasteiger partial charge in [0, 0.05) is 6.08 Å². The van der Waals surface area contributed by atoms with Crippen LogP contribution < -0.4 is 5.32 Å². The molecule has 0 saturated heterocycles. The Labute approximate surface area is 93.4 Å². The molecule has 0 heterocycles. The molecule has 5 heteroatoms. The molecule has 0 aliphatic heterocycles. The number of hydrogen-bond acceptors (Lipinski definition) is 3. The summed E-state index contributed by atoms with van der Waals surface area (Å²) in [4.78, 5) is 21.5.